The number of hydrogen-bond acceptors (Lipinski definition) is 3. The summed E-state index contributed by atoms with van der Waals surface area (Å²) in [7, 11) is 0. The Morgan fingerprint density at radius 3 is 2.62 bits per heavy atom. The molecule has 0 aromatic heterocycles. The molecule has 0 bridgehead atoms. The van der Waals surface area contributed by atoms with E-state index in [0.717, 1.165) is 31.5 Å². The minimum Gasteiger partial charge on any atom is -0.508 e. The Morgan fingerprint density at radius 1 is 1.15 bits per heavy atom. The number of phenols is 1. The van der Waals surface area contributed by atoms with Crippen molar-refractivity contribution in [2.45, 2.75) is 19.8 Å². The second kappa shape index (κ2) is 8.68. The van der Waals surface area contributed by atoms with E-state index in [1.807, 2.05) is 24.3 Å². The molecule has 4 heteroatoms. The molecule has 0 unspecified atom stereocenters. The molecule has 1 amide bonds. The van der Waals surface area contributed by atoms with Crippen LogP contribution in [0.4, 0.5) is 0 Å². The normalized spacial score (nSPS) is 14.7. The van der Waals surface area contributed by atoms with E-state index in [4.69, 9.17) is 0 Å². The second-order valence-corrected chi connectivity index (χ2v) is 6.79. The average Bonchev–Trinajstić information content (AvgIpc) is 2.65. The van der Waals surface area contributed by atoms with Gasteiger partial charge in [0.25, 0.3) is 0 Å². The molecule has 1 aliphatic rings. The highest BCUT2D eigenvalue weighted by Crippen LogP contribution is 2.23. The molecule has 0 spiro atoms. The van der Waals surface area contributed by atoms with Crippen LogP contribution in [-0.2, 0) is 11.2 Å². The number of benzene rings is 2. The van der Waals surface area contributed by atoms with Crippen molar-refractivity contribution in [1.29, 1.82) is 0 Å². The van der Waals surface area contributed by atoms with E-state index in [2.05, 4.69) is 35.3 Å². The summed E-state index contributed by atoms with van der Waals surface area (Å²) in [5.74, 6) is 0.370. The van der Waals surface area contributed by atoms with Gasteiger partial charge < -0.3 is 10.4 Å². The van der Waals surface area contributed by atoms with Crippen LogP contribution < -0.4 is 5.32 Å². The van der Waals surface area contributed by atoms with Gasteiger partial charge in [0, 0.05) is 19.6 Å². The zero-order valence-corrected chi connectivity index (χ0v) is 15.2. The van der Waals surface area contributed by atoms with Gasteiger partial charge in [-0.2, -0.15) is 0 Å². The summed E-state index contributed by atoms with van der Waals surface area (Å²) >= 11 is 0. The van der Waals surface area contributed by atoms with Crippen LogP contribution in [0.15, 0.2) is 54.6 Å². The van der Waals surface area contributed by atoms with Crippen LogP contribution in [-0.4, -0.2) is 42.1 Å². The third kappa shape index (κ3) is 4.96. The van der Waals surface area contributed by atoms with Gasteiger partial charge in [-0.05, 0) is 54.2 Å². The highest BCUT2D eigenvalue weighted by atomic mass is 16.3. The van der Waals surface area contributed by atoms with Gasteiger partial charge in [0.1, 0.15) is 5.75 Å². The Hall–Kier alpha value is -2.59. The minimum atomic E-state index is 0.0834. The number of carbonyl (C=O) groups excluding carboxylic acids is 1. The van der Waals surface area contributed by atoms with E-state index in [0.29, 0.717) is 13.1 Å². The van der Waals surface area contributed by atoms with Crippen molar-refractivity contribution in [3.05, 3.63) is 71.3 Å². The molecule has 0 aliphatic carbocycles. The van der Waals surface area contributed by atoms with Crippen molar-refractivity contribution in [1.82, 2.24) is 10.2 Å². The van der Waals surface area contributed by atoms with Gasteiger partial charge in [0.15, 0.2) is 0 Å². The number of nitrogens with one attached hydrogen (secondary N) is 1. The maximum atomic E-state index is 12.2. The average molecular weight is 350 g/mol. The smallest absolute Gasteiger partial charge is 0.234 e. The van der Waals surface area contributed by atoms with Gasteiger partial charge in [0.2, 0.25) is 5.91 Å². The fourth-order valence-corrected chi connectivity index (χ4v) is 3.28. The summed E-state index contributed by atoms with van der Waals surface area (Å²) in [6, 6.07) is 15.6. The van der Waals surface area contributed by atoms with Crippen LogP contribution in [0.5, 0.6) is 5.75 Å². The molecule has 1 heterocycles. The van der Waals surface area contributed by atoms with E-state index >= 15 is 0 Å². The van der Waals surface area contributed by atoms with Gasteiger partial charge in [0.05, 0.1) is 6.54 Å². The van der Waals surface area contributed by atoms with Crippen molar-refractivity contribution in [2.75, 3.05) is 26.2 Å². The number of phenolic OH excluding ortho intramolecular Hbond substituents is 1. The number of rotatable bonds is 6. The first-order chi connectivity index (χ1) is 12.6. The highest BCUT2D eigenvalue weighted by Gasteiger charge is 2.15. The first kappa shape index (κ1) is 18.2. The summed E-state index contributed by atoms with van der Waals surface area (Å²) in [6.07, 6.45) is 3.96. The van der Waals surface area contributed by atoms with E-state index in [1.165, 1.54) is 16.7 Å². The molecule has 0 radical (unpaired) electrons. The van der Waals surface area contributed by atoms with Gasteiger partial charge in [-0.1, -0.05) is 42.5 Å². The summed E-state index contributed by atoms with van der Waals surface area (Å²) in [5, 5.41) is 12.4. The number of aryl methyl sites for hydroxylation is 1. The SMILES string of the molecule is Cc1ccccc1CCNC(=O)CN1CC=C(c2ccc(O)cc2)CC1. The Kier molecular flexibility index (Phi) is 6.08. The number of carbonyl (C=O) groups is 1. The first-order valence-corrected chi connectivity index (χ1v) is 9.14. The molecule has 0 fully saturated rings. The minimum absolute atomic E-state index is 0.0834. The summed E-state index contributed by atoms with van der Waals surface area (Å²) in [5.41, 5.74) is 4.98. The number of nitrogens with zero attached hydrogens (tertiary/aromatic N) is 1. The predicted octanol–water partition coefficient (Wildman–Crippen LogP) is 3.15. The van der Waals surface area contributed by atoms with Crippen LogP contribution in [0.25, 0.3) is 5.57 Å². The Morgan fingerprint density at radius 2 is 1.92 bits per heavy atom. The van der Waals surface area contributed by atoms with Crippen LogP contribution >= 0.6 is 0 Å². The van der Waals surface area contributed by atoms with Crippen LogP contribution in [0.2, 0.25) is 0 Å². The summed E-state index contributed by atoms with van der Waals surface area (Å²) in [6.45, 7) is 4.86. The van der Waals surface area contributed by atoms with Crippen LogP contribution in [0.1, 0.15) is 23.1 Å². The fourth-order valence-electron chi connectivity index (χ4n) is 3.28. The first-order valence-electron chi connectivity index (χ1n) is 9.14. The fraction of sp³-hybridized carbons (Fsp3) is 0.318. The van der Waals surface area contributed by atoms with Crippen molar-refractivity contribution in [2.24, 2.45) is 0 Å². The lowest BCUT2D eigenvalue weighted by atomic mass is 9.99. The second-order valence-electron chi connectivity index (χ2n) is 6.79. The van der Waals surface area contributed by atoms with E-state index in [1.54, 1.807) is 12.1 Å². The van der Waals surface area contributed by atoms with Crippen molar-refractivity contribution < 1.29 is 9.90 Å². The number of hydrogen-bond donors (Lipinski definition) is 2. The zero-order valence-electron chi connectivity index (χ0n) is 15.2. The lowest BCUT2D eigenvalue weighted by Crippen LogP contribution is -2.39. The predicted molar refractivity (Wildman–Crippen MR) is 105 cm³/mol. The molecule has 136 valence electrons. The summed E-state index contributed by atoms with van der Waals surface area (Å²) < 4.78 is 0. The van der Waals surface area contributed by atoms with Crippen molar-refractivity contribution in [3.8, 4) is 5.75 Å². The van der Waals surface area contributed by atoms with Gasteiger partial charge >= 0.3 is 0 Å². The molecule has 26 heavy (non-hydrogen) atoms. The van der Waals surface area contributed by atoms with Crippen LogP contribution in [0.3, 0.4) is 0 Å². The number of amides is 1. The maximum absolute atomic E-state index is 12.2. The van der Waals surface area contributed by atoms with Gasteiger partial charge in [-0.15, -0.1) is 0 Å². The largest absolute Gasteiger partial charge is 0.508 e. The highest BCUT2D eigenvalue weighted by molar-refractivity contribution is 5.78. The molecule has 2 N–H and O–H groups in total. The lowest BCUT2D eigenvalue weighted by molar-refractivity contribution is -0.122. The third-order valence-corrected chi connectivity index (χ3v) is 4.88. The van der Waals surface area contributed by atoms with Crippen molar-refractivity contribution in [3.63, 3.8) is 0 Å². The standard InChI is InChI=1S/C22H26N2O2/c1-17-4-2-3-5-18(17)10-13-23-22(26)16-24-14-11-20(12-15-24)19-6-8-21(25)9-7-19/h2-9,11,25H,10,12-16H2,1H3,(H,23,26). The van der Waals surface area contributed by atoms with Gasteiger partial charge in [-0.25, -0.2) is 0 Å². The molecule has 2 aromatic carbocycles. The zero-order chi connectivity index (χ0) is 18.4. The lowest BCUT2D eigenvalue weighted by Gasteiger charge is -2.26. The monoisotopic (exact) mass is 350 g/mol. The third-order valence-electron chi connectivity index (χ3n) is 4.88. The molecule has 0 saturated heterocycles. The molecular weight excluding hydrogens is 324 g/mol. The van der Waals surface area contributed by atoms with E-state index in [-0.39, 0.29) is 11.7 Å². The molecular formula is C22H26N2O2. The Balaban J connectivity index is 1.43. The number of aromatic hydroxyl groups is 1. The molecule has 1 aliphatic heterocycles. The van der Waals surface area contributed by atoms with Crippen LogP contribution in [0, 0.1) is 6.92 Å². The molecule has 0 atom stereocenters. The molecule has 3 rings (SSSR count). The van der Waals surface area contributed by atoms with E-state index < -0.39 is 0 Å². The Bertz CT molecular complexity index is 781. The van der Waals surface area contributed by atoms with Crippen molar-refractivity contribution >= 4 is 11.5 Å². The quantitative estimate of drug-likeness (QED) is 0.841. The maximum Gasteiger partial charge on any atom is 0.234 e. The Labute approximate surface area is 155 Å². The van der Waals surface area contributed by atoms with Gasteiger partial charge in [-0.3, -0.25) is 9.69 Å². The molecule has 2 aromatic rings. The molecule has 4 nitrogen and oxygen atoms in total. The summed E-state index contributed by atoms with van der Waals surface area (Å²) in [4.78, 5) is 14.3. The molecule has 0 saturated carbocycles. The topological polar surface area (TPSA) is 52.6 Å². The van der Waals surface area contributed by atoms with E-state index in [9.17, 15) is 9.90 Å².